The van der Waals surface area contributed by atoms with Gasteiger partial charge in [-0.2, -0.15) is 0 Å². The molecule has 1 aliphatic heterocycles. The number of hydrogen-bond acceptors (Lipinski definition) is 3. The van der Waals surface area contributed by atoms with E-state index in [-0.39, 0.29) is 11.8 Å². The lowest BCUT2D eigenvalue weighted by atomic mass is 10.0. The predicted molar refractivity (Wildman–Crippen MR) is 116 cm³/mol. The van der Waals surface area contributed by atoms with Gasteiger partial charge in [-0.15, -0.1) is 6.42 Å². The molecular weight excluding hydrogens is 374 g/mol. The third kappa shape index (κ3) is 4.08. The fourth-order valence-corrected chi connectivity index (χ4v) is 3.54. The van der Waals surface area contributed by atoms with Gasteiger partial charge in [-0.3, -0.25) is 14.6 Å². The minimum atomic E-state index is -0.0348. The van der Waals surface area contributed by atoms with Crippen molar-refractivity contribution in [3.05, 3.63) is 89.7 Å². The molecule has 30 heavy (non-hydrogen) atoms. The van der Waals surface area contributed by atoms with E-state index in [1.54, 1.807) is 46.5 Å². The number of carbonyl (C=O) groups excluding carboxylic acids is 2. The Hall–Kier alpha value is -3.91. The van der Waals surface area contributed by atoms with E-state index >= 15 is 0 Å². The lowest BCUT2D eigenvalue weighted by molar-refractivity contribution is 0.0535. The largest absolute Gasteiger partial charge is 0.335 e. The second kappa shape index (κ2) is 8.62. The van der Waals surface area contributed by atoms with Crippen LogP contribution < -0.4 is 0 Å². The average molecular weight is 395 g/mol. The molecule has 1 aromatic heterocycles. The van der Waals surface area contributed by atoms with Crippen molar-refractivity contribution < 1.29 is 9.59 Å². The molecule has 2 amide bonds. The summed E-state index contributed by atoms with van der Waals surface area (Å²) in [6, 6.07) is 18.5. The maximum atomic E-state index is 12.9. The molecule has 148 valence electrons. The summed E-state index contributed by atoms with van der Waals surface area (Å²) in [5.74, 6) is 2.50. The molecule has 0 spiro atoms. The molecule has 1 saturated heterocycles. The topological polar surface area (TPSA) is 53.5 Å². The predicted octanol–water partition coefficient (Wildman–Crippen LogP) is 3.33. The first kappa shape index (κ1) is 19.4. The van der Waals surface area contributed by atoms with Gasteiger partial charge in [-0.25, -0.2) is 0 Å². The van der Waals surface area contributed by atoms with Crippen LogP contribution in [0.4, 0.5) is 0 Å². The van der Waals surface area contributed by atoms with Crippen LogP contribution in [0, 0.1) is 12.3 Å². The minimum Gasteiger partial charge on any atom is -0.335 e. The maximum absolute atomic E-state index is 12.9. The highest BCUT2D eigenvalue weighted by Crippen LogP contribution is 2.20. The summed E-state index contributed by atoms with van der Waals surface area (Å²) in [7, 11) is 0. The summed E-state index contributed by atoms with van der Waals surface area (Å²) < 4.78 is 0. The Morgan fingerprint density at radius 3 is 1.60 bits per heavy atom. The van der Waals surface area contributed by atoms with Crippen LogP contribution in [-0.4, -0.2) is 52.8 Å². The van der Waals surface area contributed by atoms with Crippen molar-refractivity contribution in [2.45, 2.75) is 0 Å². The summed E-state index contributed by atoms with van der Waals surface area (Å²) in [5, 5.41) is 0. The zero-order chi connectivity index (χ0) is 20.9. The van der Waals surface area contributed by atoms with Gasteiger partial charge in [-0.1, -0.05) is 18.1 Å². The van der Waals surface area contributed by atoms with Gasteiger partial charge >= 0.3 is 0 Å². The van der Waals surface area contributed by atoms with Crippen LogP contribution in [0.2, 0.25) is 0 Å². The van der Waals surface area contributed by atoms with Gasteiger partial charge in [0.2, 0.25) is 0 Å². The Morgan fingerprint density at radius 2 is 1.13 bits per heavy atom. The monoisotopic (exact) mass is 395 g/mol. The van der Waals surface area contributed by atoms with Gasteiger partial charge in [0, 0.05) is 55.3 Å². The van der Waals surface area contributed by atoms with E-state index in [0.717, 1.165) is 16.7 Å². The molecule has 3 aromatic rings. The number of hydrogen-bond donors (Lipinski definition) is 0. The minimum absolute atomic E-state index is 0.0123. The van der Waals surface area contributed by atoms with Gasteiger partial charge in [0.05, 0.1) is 0 Å². The zero-order valence-electron chi connectivity index (χ0n) is 16.5. The second-order valence-electron chi connectivity index (χ2n) is 7.12. The summed E-state index contributed by atoms with van der Waals surface area (Å²) in [6.07, 6.45) is 8.86. The summed E-state index contributed by atoms with van der Waals surface area (Å²) >= 11 is 0. The van der Waals surface area contributed by atoms with Crippen LogP contribution in [0.5, 0.6) is 0 Å². The molecule has 0 aliphatic carbocycles. The average Bonchev–Trinajstić information content (AvgIpc) is 2.84. The van der Waals surface area contributed by atoms with Gasteiger partial charge in [0.25, 0.3) is 11.8 Å². The quantitative estimate of drug-likeness (QED) is 0.640. The molecule has 0 atom stereocenters. The van der Waals surface area contributed by atoms with E-state index in [9.17, 15) is 9.59 Å². The Morgan fingerprint density at radius 1 is 0.700 bits per heavy atom. The molecular formula is C25H21N3O2. The molecule has 0 unspecified atom stereocenters. The molecule has 0 radical (unpaired) electrons. The Bertz CT molecular complexity index is 1080. The number of rotatable bonds is 3. The Kier molecular flexibility index (Phi) is 5.58. The van der Waals surface area contributed by atoms with Gasteiger partial charge in [-0.05, 0) is 59.7 Å². The van der Waals surface area contributed by atoms with Gasteiger partial charge in [0.1, 0.15) is 0 Å². The fourth-order valence-electron chi connectivity index (χ4n) is 3.54. The number of piperazine rings is 1. The van der Waals surface area contributed by atoms with Crippen LogP contribution >= 0.6 is 0 Å². The third-order valence-corrected chi connectivity index (χ3v) is 5.30. The van der Waals surface area contributed by atoms with E-state index in [0.29, 0.717) is 37.3 Å². The van der Waals surface area contributed by atoms with Crippen molar-refractivity contribution in [3.63, 3.8) is 0 Å². The number of amides is 2. The lowest BCUT2D eigenvalue weighted by Gasteiger charge is -2.35. The molecule has 5 heteroatoms. The molecule has 2 heterocycles. The zero-order valence-corrected chi connectivity index (χ0v) is 16.5. The van der Waals surface area contributed by atoms with E-state index in [4.69, 9.17) is 6.42 Å². The SMILES string of the molecule is C#Cc1ccc(C(=O)N2CCN(C(=O)c3ccc(-c4ccncc4)cc3)CC2)cc1. The number of nitrogens with zero attached hydrogens (tertiary/aromatic N) is 3. The van der Waals surface area contributed by atoms with Crippen LogP contribution in [0.25, 0.3) is 11.1 Å². The first-order chi connectivity index (χ1) is 14.7. The van der Waals surface area contributed by atoms with E-state index in [1.165, 1.54) is 0 Å². The second-order valence-corrected chi connectivity index (χ2v) is 7.12. The molecule has 5 nitrogen and oxygen atoms in total. The van der Waals surface area contributed by atoms with Crippen molar-refractivity contribution in [1.82, 2.24) is 14.8 Å². The molecule has 1 aliphatic rings. The number of aromatic nitrogens is 1. The molecule has 1 fully saturated rings. The molecule has 0 N–H and O–H groups in total. The van der Waals surface area contributed by atoms with Crippen LogP contribution in [0.3, 0.4) is 0 Å². The standard InChI is InChI=1S/C25H21N3O2/c1-2-19-3-5-22(6-4-19)24(29)27-15-17-28(18-16-27)25(30)23-9-7-20(8-10-23)21-11-13-26-14-12-21/h1,3-14H,15-18H2. The van der Waals surface area contributed by atoms with Crippen molar-refractivity contribution in [1.29, 1.82) is 0 Å². The number of terminal acetylenes is 1. The van der Waals surface area contributed by atoms with Crippen molar-refractivity contribution >= 4 is 11.8 Å². The first-order valence-corrected chi connectivity index (χ1v) is 9.81. The molecule has 4 rings (SSSR count). The number of benzene rings is 2. The Labute approximate surface area is 176 Å². The lowest BCUT2D eigenvalue weighted by Crippen LogP contribution is -2.50. The van der Waals surface area contributed by atoms with Crippen LogP contribution in [-0.2, 0) is 0 Å². The van der Waals surface area contributed by atoms with E-state index < -0.39 is 0 Å². The van der Waals surface area contributed by atoms with Gasteiger partial charge < -0.3 is 9.80 Å². The molecule has 0 saturated carbocycles. The summed E-state index contributed by atoms with van der Waals surface area (Å²) in [5.41, 5.74) is 4.11. The number of carbonyl (C=O) groups is 2. The van der Waals surface area contributed by atoms with Crippen LogP contribution in [0.15, 0.2) is 73.1 Å². The smallest absolute Gasteiger partial charge is 0.253 e. The van der Waals surface area contributed by atoms with E-state index in [1.807, 2.05) is 36.4 Å². The third-order valence-electron chi connectivity index (χ3n) is 5.30. The highest BCUT2D eigenvalue weighted by molar-refractivity contribution is 5.96. The van der Waals surface area contributed by atoms with Crippen molar-refractivity contribution in [2.75, 3.05) is 26.2 Å². The normalized spacial score (nSPS) is 13.6. The van der Waals surface area contributed by atoms with Crippen molar-refractivity contribution in [2.24, 2.45) is 0 Å². The maximum Gasteiger partial charge on any atom is 0.253 e. The number of pyridine rings is 1. The van der Waals surface area contributed by atoms with Crippen molar-refractivity contribution in [3.8, 4) is 23.5 Å². The van der Waals surface area contributed by atoms with E-state index in [2.05, 4.69) is 10.9 Å². The highest BCUT2D eigenvalue weighted by Gasteiger charge is 2.25. The highest BCUT2D eigenvalue weighted by atomic mass is 16.2. The summed E-state index contributed by atoms with van der Waals surface area (Å²) in [4.78, 5) is 33.1. The van der Waals surface area contributed by atoms with Crippen LogP contribution in [0.1, 0.15) is 26.3 Å². The first-order valence-electron chi connectivity index (χ1n) is 9.81. The summed E-state index contributed by atoms with van der Waals surface area (Å²) in [6.45, 7) is 2.05. The fraction of sp³-hybridized carbons (Fsp3) is 0.160. The molecule has 2 aromatic carbocycles. The van der Waals surface area contributed by atoms with Gasteiger partial charge in [0.15, 0.2) is 0 Å². The Balaban J connectivity index is 1.37. The molecule has 0 bridgehead atoms.